The summed E-state index contributed by atoms with van der Waals surface area (Å²) in [5, 5.41) is 4.16. The van der Waals surface area contributed by atoms with Crippen molar-refractivity contribution in [3.05, 3.63) is 91.8 Å². The summed E-state index contributed by atoms with van der Waals surface area (Å²) in [5.74, 6) is 0. The van der Waals surface area contributed by atoms with Gasteiger partial charge in [0.2, 0.25) is 0 Å². The highest BCUT2D eigenvalue weighted by Gasteiger charge is 2.05. The Morgan fingerprint density at radius 3 is 1.50 bits per heavy atom. The molecule has 0 unspecified atom stereocenters. The molecule has 4 rings (SSSR count). The Morgan fingerprint density at radius 1 is 0.679 bits per heavy atom. The SMILES string of the molecule is Cc1cc(-c2cnc(/C=C/c3cccs3)c(C)c2)cnc1/C=C/c1cccs1. The molecule has 4 aromatic heterocycles. The zero-order chi connectivity index (χ0) is 19.3. The third-order valence-corrected chi connectivity index (χ3v) is 6.14. The van der Waals surface area contributed by atoms with Gasteiger partial charge in [-0.2, -0.15) is 0 Å². The van der Waals surface area contributed by atoms with Crippen molar-refractivity contribution in [3.63, 3.8) is 0 Å². The predicted octanol–water partition coefficient (Wildman–Crippen LogP) is 7.22. The van der Waals surface area contributed by atoms with Crippen LogP contribution >= 0.6 is 22.7 Å². The van der Waals surface area contributed by atoms with Crippen molar-refractivity contribution in [2.75, 3.05) is 0 Å². The van der Waals surface area contributed by atoms with Gasteiger partial charge < -0.3 is 0 Å². The Bertz CT molecular complexity index is 1030. The molecule has 0 radical (unpaired) electrons. The van der Waals surface area contributed by atoms with Gasteiger partial charge in [0.15, 0.2) is 0 Å². The molecule has 138 valence electrons. The summed E-state index contributed by atoms with van der Waals surface area (Å²) in [4.78, 5) is 11.8. The molecule has 28 heavy (non-hydrogen) atoms. The highest BCUT2D eigenvalue weighted by atomic mass is 32.1. The van der Waals surface area contributed by atoms with Crippen LogP contribution in [0.1, 0.15) is 32.3 Å². The van der Waals surface area contributed by atoms with E-state index in [0.29, 0.717) is 0 Å². The number of pyridine rings is 2. The Morgan fingerprint density at radius 2 is 1.14 bits per heavy atom. The largest absolute Gasteiger partial charge is 0.256 e. The Balaban J connectivity index is 1.55. The van der Waals surface area contributed by atoms with E-state index < -0.39 is 0 Å². The number of aryl methyl sites for hydroxylation is 2. The van der Waals surface area contributed by atoms with Gasteiger partial charge in [-0.15, -0.1) is 22.7 Å². The van der Waals surface area contributed by atoms with Crippen molar-refractivity contribution < 1.29 is 0 Å². The first kappa shape index (κ1) is 18.5. The molecule has 0 atom stereocenters. The van der Waals surface area contributed by atoms with E-state index in [0.717, 1.165) is 33.6 Å². The normalized spacial score (nSPS) is 11.6. The number of hydrogen-bond donors (Lipinski definition) is 0. The van der Waals surface area contributed by atoms with E-state index >= 15 is 0 Å². The van der Waals surface area contributed by atoms with Gasteiger partial charge in [0.1, 0.15) is 0 Å². The second-order valence-electron chi connectivity index (χ2n) is 6.55. The van der Waals surface area contributed by atoms with Crippen molar-refractivity contribution in [2.45, 2.75) is 13.8 Å². The van der Waals surface area contributed by atoms with Crippen LogP contribution in [0.25, 0.3) is 35.4 Å². The fourth-order valence-corrected chi connectivity index (χ4v) is 4.17. The maximum Gasteiger partial charge on any atom is 0.0659 e. The molecule has 0 bridgehead atoms. The average Bonchev–Trinajstić information content (AvgIpc) is 3.40. The molecular weight excluding hydrogens is 380 g/mol. The van der Waals surface area contributed by atoms with Crippen molar-refractivity contribution in [1.29, 1.82) is 0 Å². The molecular formula is C24H20N2S2. The van der Waals surface area contributed by atoms with Gasteiger partial charge in [-0.25, -0.2) is 0 Å². The highest BCUT2D eigenvalue weighted by molar-refractivity contribution is 7.11. The first-order valence-corrected chi connectivity index (χ1v) is 10.8. The van der Waals surface area contributed by atoms with Crippen LogP contribution in [0.15, 0.2) is 59.6 Å². The number of nitrogens with zero attached hydrogens (tertiary/aromatic N) is 2. The van der Waals surface area contributed by atoms with E-state index in [-0.39, 0.29) is 0 Å². The summed E-state index contributed by atoms with van der Waals surface area (Å²) in [6.07, 6.45) is 12.2. The third-order valence-electron chi connectivity index (χ3n) is 4.47. The second-order valence-corrected chi connectivity index (χ2v) is 8.51. The molecule has 0 spiro atoms. The molecule has 0 saturated carbocycles. The van der Waals surface area contributed by atoms with E-state index in [2.05, 4.69) is 95.3 Å². The molecule has 0 aliphatic rings. The molecule has 0 aromatic carbocycles. The first-order chi connectivity index (χ1) is 13.7. The highest BCUT2D eigenvalue weighted by Crippen LogP contribution is 2.24. The second kappa shape index (κ2) is 8.46. The van der Waals surface area contributed by atoms with Gasteiger partial charge in [-0.1, -0.05) is 12.1 Å². The summed E-state index contributed by atoms with van der Waals surface area (Å²) in [7, 11) is 0. The molecule has 0 N–H and O–H groups in total. The van der Waals surface area contributed by atoms with Crippen molar-refractivity contribution in [1.82, 2.24) is 9.97 Å². The van der Waals surface area contributed by atoms with Crippen LogP contribution in [0, 0.1) is 13.8 Å². The smallest absolute Gasteiger partial charge is 0.0659 e. The first-order valence-electron chi connectivity index (χ1n) is 9.06. The van der Waals surface area contributed by atoms with Crippen molar-refractivity contribution >= 4 is 47.0 Å². The fraction of sp³-hybridized carbons (Fsp3) is 0.0833. The van der Waals surface area contributed by atoms with Crippen LogP contribution in [-0.4, -0.2) is 9.97 Å². The average molecular weight is 401 g/mol. The molecule has 0 saturated heterocycles. The Hall–Kier alpha value is -2.82. The minimum Gasteiger partial charge on any atom is -0.256 e. The zero-order valence-electron chi connectivity index (χ0n) is 15.8. The summed E-state index contributed by atoms with van der Waals surface area (Å²) in [5.41, 5.74) is 6.49. The lowest BCUT2D eigenvalue weighted by atomic mass is 10.0. The fourth-order valence-electron chi connectivity index (χ4n) is 2.93. The van der Waals surface area contributed by atoms with Crippen LogP contribution in [0.4, 0.5) is 0 Å². The number of aromatic nitrogens is 2. The quantitative estimate of drug-likeness (QED) is 0.353. The van der Waals surface area contributed by atoms with Gasteiger partial charge in [0, 0.05) is 33.3 Å². The van der Waals surface area contributed by atoms with Crippen LogP contribution < -0.4 is 0 Å². The molecule has 0 amide bonds. The van der Waals surface area contributed by atoms with E-state index in [1.807, 2.05) is 12.4 Å². The van der Waals surface area contributed by atoms with E-state index in [1.165, 1.54) is 9.75 Å². The molecule has 0 aliphatic heterocycles. The van der Waals surface area contributed by atoms with Crippen LogP contribution in [-0.2, 0) is 0 Å². The summed E-state index contributed by atoms with van der Waals surface area (Å²) in [6, 6.07) is 12.7. The lowest BCUT2D eigenvalue weighted by molar-refractivity contribution is 1.21. The summed E-state index contributed by atoms with van der Waals surface area (Å²) >= 11 is 3.45. The van der Waals surface area contributed by atoms with Crippen LogP contribution in [0.2, 0.25) is 0 Å². The Kier molecular flexibility index (Phi) is 5.60. The van der Waals surface area contributed by atoms with Gasteiger partial charge >= 0.3 is 0 Å². The molecule has 0 aliphatic carbocycles. The van der Waals surface area contributed by atoms with Crippen molar-refractivity contribution in [3.8, 4) is 11.1 Å². The van der Waals surface area contributed by atoms with Gasteiger partial charge in [0.25, 0.3) is 0 Å². The maximum absolute atomic E-state index is 4.65. The van der Waals surface area contributed by atoms with E-state index in [1.54, 1.807) is 22.7 Å². The topological polar surface area (TPSA) is 25.8 Å². The predicted molar refractivity (Wildman–Crippen MR) is 123 cm³/mol. The zero-order valence-corrected chi connectivity index (χ0v) is 17.4. The number of rotatable bonds is 5. The molecule has 4 heteroatoms. The molecule has 0 fully saturated rings. The lowest BCUT2D eigenvalue weighted by Gasteiger charge is -2.07. The lowest BCUT2D eigenvalue weighted by Crippen LogP contribution is -1.92. The summed E-state index contributed by atoms with van der Waals surface area (Å²) in [6.45, 7) is 4.20. The number of hydrogen-bond acceptors (Lipinski definition) is 4. The van der Waals surface area contributed by atoms with E-state index in [4.69, 9.17) is 0 Å². The molecule has 2 nitrogen and oxygen atoms in total. The van der Waals surface area contributed by atoms with Gasteiger partial charge in [-0.05, 0) is 84.3 Å². The van der Waals surface area contributed by atoms with Gasteiger partial charge in [0.05, 0.1) is 11.4 Å². The van der Waals surface area contributed by atoms with Crippen LogP contribution in [0.3, 0.4) is 0 Å². The van der Waals surface area contributed by atoms with Gasteiger partial charge in [-0.3, -0.25) is 9.97 Å². The minimum atomic E-state index is 0.998. The maximum atomic E-state index is 4.65. The Labute approximate surface area is 173 Å². The monoisotopic (exact) mass is 400 g/mol. The van der Waals surface area contributed by atoms with Crippen molar-refractivity contribution in [2.24, 2.45) is 0 Å². The summed E-state index contributed by atoms with van der Waals surface area (Å²) < 4.78 is 0. The molecule has 4 aromatic rings. The molecule has 4 heterocycles. The minimum absolute atomic E-state index is 0.998. The third kappa shape index (κ3) is 4.35. The standard InChI is InChI=1S/C24H20N2S2/c1-17-13-19(15-25-23(17)9-7-21-5-3-11-27-21)20-14-18(2)24(26-16-20)10-8-22-6-4-12-28-22/h3-16H,1-2H3/b9-7+,10-8+. The van der Waals surface area contributed by atoms with Crippen LogP contribution in [0.5, 0.6) is 0 Å². The number of thiophene rings is 2. The van der Waals surface area contributed by atoms with E-state index in [9.17, 15) is 0 Å².